The first-order valence-electron chi connectivity index (χ1n) is 11.3. The number of H-pyrrole nitrogens is 1. The molecule has 0 spiro atoms. The number of para-hydroxylation sites is 1. The fraction of sp³-hybridized carbons (Fsp3) is 0.222. The van der Waals surface area contributed by atoms with Crippen LogP contribution in [0.5, 0.6) is 5.88 Å². The van der Waals surface area contributed by atoms with Crippen molar-refractivity contribution >= 4 is 38.0 Å². The van der Waals surface area contributed by atoms with Crippen LogP contribution in [0.1, 0.15) is 16.7 Å². The topological polar surface area (TPSA) is 89.0 Å². The number of hydrogen-bond donors (Lipinski definition) is 2. The zero-order valence-electron chi connectivity index (χ0n) is 20.4. The van der Waals surface area contributed by atoms with Gasteiger partial charge in [-0.15, -0.1) is 0 Å². The van der Waals surface area contributed by atoms with Crippen LogP contribution >= 0.6 is 0 Å². The largest absolute Gasteiger partial charge is 0.494 e. The van der Waals surface area contributed by atoms with Crippen LogP contribution in [0.4, 0.5) is 11.4 Å². The van der Waals surface area contributed by atoms with Crippen molar-refractivity contribution in [2.45, 2.75) is 6.92 Å². The van der Waals surface area contributed by atoms with Gasteiger partial charge in [0.2, 0.25) is 10.0 Å². The van der Waals surface area contributed by atoms with E-state index in [1.54, 1.807) is 24.3 Å². The lowest BCUT2D eigenvalue weighted by atomic mass is 9.99. The summed E-state index contributed by atoms with van der Waals surface area (Å²) in [4.78, 5) is 9.90. The Balaban J connectivity index is 1.80. The maximum absolute atomic E-state index is 12.4. The number of rotatable bonds is 8. The van der Waals surface area contributed by atoms with Gasteiger partial charge in [-0.2, -0.15) is 0 Å². The van der Waals surface area contributed by atoms with Crippen molar-refractivity contribution in [1.82, 2.24) is 9.88 Å². The maximum atomic E-state index is 12.4. The van der Waals surface area contributed by atoms with Crippen LogP contribution in [0.3, 0.4) is 0 Å². The van der Waals surface area contributed by atoms with E-state index in [1.807, 2.05) is 74.4 Å². The number of hydrogen-bond acceptors (Lipinski definition) is 5. The minimum absolute atomic E-state index is 0.0509. The van der Waals surface area contributed by atoms with Crippen LogP contribution in [0, 0.1) is 6.92 Å². The normalized spacial score (nSPS) is 12.4. The quantitative estimate of drug-likeness (QED) is 0.351. The second-order valence-corrected chi connectivity index (χ2v) is 10.8. The maximum Gasteiger partial charge on any atom is 0.232 e. The lowest BCUT2D eigenvalue weighted by Crippen LogP contribution is -2.35. The van der Waals surface area contributed by atoms with Gasteiger partial charge in [-0.1, -0.05) is 42.0 Å². The Morgan fingerprint density at radius 2 is 1.69 bits per heavy atom. The van der Waals surface area contributed by atoms with Crippen molar-refractivity contribution in [2.75, 3.05) is 37.7 Å². The predicted octanol–water partition coefficient (Wildman–Crippen LogP) is 4.68. The van der Waals surface area contributed by atoms with Gasteiger partial charge >= 0.3 is 0 Å². The Kier molecular flexibility index (Phi) is 6.95. The molecular weight excluding hydrogens is 460 g/mol. The van der Waals surface area contributed by atoms with E-state index in [-0.39, 0.29) is 5.88 Å². The number of sulfonamides is 1. The second-order valence-electron chi connectivity index (χ2n) is 8.88. The summed E-state index contributed by atoms with van der Waals surface area (Å²) in [5.74, 6) is 0.0509. The molecule has 4 rings (SSSR count). The van der Waals surface area contributed by atoms with Crippen LogP contribution in [0.2, 0.25) is 0 Å². The Hall–Kier alpha value is -3.62. The molecule has 0 aliphatic carbocycles. The first kappa shape index (κ1) is 24.5. The highest BCUT2D eigenvalue weighted by Gasteiger charge is 2.20. The van der Waals surface area contributed by atoms with E-state index in [0.29, 0.717) is 35.7 Å². The Morgan fingerprint density at radius 3 is 2.34 bits per heavy atom. The van der Waals surface area contributed by atoms with Gasteiger partial charge in [-0.25, -0.2) is 13.4 Å². The Labute approximate surface area is 206 Å². The standard InChI is InChI=1S/C27H30N4O3S/c1-19-8-7-9-20(18-19)26(25-23-10-5-6-11-24(23)29-27(25)32)28-21-12-14-22(15-13-21)31(35(4,33)34)17-16-30(2)3/h5-15,18,29,32H,16-17H2,1-4H3. The number of aromatic nitrogens is 1. The fourth-order valence-corrected chi connectivity index (χ4v) is 4.94. The molecule has 1 heterocycles. The fourth-order valence-electron chi connectivity index (χ4n) is 4.02. The molecule has 1 aromatic heterocycles. The molecule has 0 radical (unpaired) electrons. The predicted molar refractivity (Wildman–Crippen MR) is 144 cm³/mol. The van der Waals surface area contributed by atoms with Gasteiger partial charge < -0.3 is 15.0 Å². The van der Waals surface area contributed by atoms with Gasteiger partial charge in [0.15, 0.2) is 5.88 Å². The molecule has 2 N–H and O–H groups in total. The summed E-state index contributed by atoms with van der Waals surface area (Å²) in [6.07, 6.45) is 1.21. The Bertz CT molecular complexity index is 1470. The highest BCUT2D eigenvalue weighted by atomic mass is 32.2. The van der Waals surface area contributed by atoms with Crippen LogP contribution in [-0.4, -0.2) is 62.6 Å². The number of aryl methyl sites for hydroxylation is 1. The van der Waals surface area contributed by atoms with Crippen molar-refractivity contribution in [3.8, 4) is 5.88 Å². The zero-order valence-corrected chi connectivity index (χ0v) is 21.2. The molecule has 3 aromatic carbocycles. The summed E-state index contributed by atoms with van der Waals surface area (Å²) in [6, 6.07) is 22.8. The number of likely N-dealkylation sites (N-methyl/N-ethyl adjacent to an activating group) is 1. The molecule has 0 saturated carbocycles. The van der Waals surface area contributed by atoms with Crippen molar-refractivity contribution < 1.29 is 13.5 Å². The molecule has 0 saturated heterocycles. The molecule has 35 heavy (non-hydrogen) atoms. The molecule has 0 unspecified atom stereocenters. The molecule has 0 atom stereocenters. The van der Waals surface area contributed by atoms with Crippen LogP contribution in [0.15, 0.2) is 77.8 Å². The van der Waals surface area contributed by atoms with Crippen molar-refractivity contribution in [3.05, 3.63) is 89.5 Å². The van der Waals surface area contributed by atoms with Gasteiger partial charge in [0, 0.05) is 29.6 Å². The number of nitrogens with one attached hydrogen (secondary N) is 1. The molecule has 0 fully saturated rings. The number of anilines is 1. The average molecular weight is 491 g/mol. The Morgan fingerprint density at radius 1 is 0.971 bits per heavy atom. The van der Waals surface area contributed by atoms with Crippen LogP contribution in [-0.2, 0) is 10.0 Å². The van der Waals surface area contributed by atoms with Gasteiger partial charge in [0.1, 0.15) is 0 Å². The van der Waals surface area contributed by atoms with Gasteiger partial charge in [-0.05, 0) is 57.4 Å². The summed E-state index contributed by atoms with van der Waals surface area (Å²) < 4.78 is 26.2. The monoisotopic (exact) mass is 490 g/mol. The van der Waals surface area contributed by atoms with Gasteiger partial charge in [0.05, 0.1) is 28.9 Å². The number of benzene rings is 3. The average Bonchev–Trinajstić information content (AvgIpc) is 3.13. The molecule has 7 nitrogen and oxygen atoms in total. The first-order chi connectivity index (χ1) is 16.6. The third-order valence-electron chi connectivity index (χ3n) is 5.74. The summed E-state index contributed by atoms with van der Waals surface area (Å²) in [6.45, 7) is 2.97. The number of nitrogens with zero attached hydrogens (tertiary/aromatic N) is 3. The van der Waals surface area contributed by atoms with E-state index >= 15 is 0 Å². The highest BCUT2D eigenvalue weighted by Crippen LogP contribution is 2.32. The number of aromatic hydroxyl groups is 1. The smallest absolute Gasteiger partial charge is 0.232 e. The minimum atomic E-state index is -3.43. The summed E-state index contributed by atoms with van der Waals surface area (Å²) >= 11 is 0. The highest BCUT2D eigenvalue weighted by molar-refractivity contribution is 7.92. The van der Waals surface area contributed by atoms with E-state index in [4.69, 9.17) is 4.99 Å². The molecule has 0 amide bonds. The van der Waals surface area contributed by atoms with E-state index in [9.17, 15) is 13.5 Å². The SMILES string of the molecule is Cc1cccc(C(=Nc2ccc(N(CCN(C)C)S(C)(=O)=O)cc2)c2c(O)[nH]c3ccccc23)c1. The molecule has 182 valence electrons. The minimum Gasteiger partial charge on any atom is -0.494 e. The van der Waals surface area contributed by atoms with Crippen molar-refractivity contribution in [1.29, 1.82) is 0 Å². The second kappa shape index (κ2) is 9.93. The van der Waals surface area contributed by atoms with Crippen LogP contribution in [0.25, 0.3) is 10.9 Å². The van der Waals surface area contributed by atoms with Crippen molar-refractivity contribution in [3.63, 3.8) is 0 Å². The molecule has 0 aliphatic heterocycles. The van der Waals surface area contributed by atoms with E-state index < -0.39 is 10.0 Å². The van der Waals surface area contributed by atoms with E-state index in [0.717, 1.165) is 22.0 Å². The lowest BCUT2D eigenvalue weighted by Gasteiger charge is -2.24. The number of aromatic amines is 1. The molecule has 0 aliphatic rings. The van der Waals surface area contributed by atoms with E-state index in [2.05, 4.69) is 4.98 Å². The first-order valence-corrected chi connectivity index (χ1v) is 13.2. The summed E-state index contributed by atoms with van der Waals surface area (Å²) in [7, 11) is 0.387. The lowest BCUT2D eigenvalue weighted by molar-refractivity contribution is 0.419. The number of aliphatic imine (C=N–C) groups is 1. The third-order valence-corrected chi connectivity index (χ3v) is 6.94. The molecule has 0 bridgehead atoms. The zero-order chi connectivity index (χ0) is 25.2. The number of fused-ring (bicyclic) bond motifs is 1. The molecule has 4 aromatic rings. The van der Waals surface area contributed by atoms with Crippen molar-refractivity contribution in [2.24, 2.45) is 4.99 Å². The van der Waals surface area contributed by atoms with Gasteiger partial charge in [-0.3, -0.25) is 4.31 Å². The van der Waals surface area contributed by atoms with Crippen LogP contribution < -0.4 is 4.31 Å². The third kappa shape index (κ3) is 5.55. The van der Waals surface area contributed by atoms with E-state index in [1.165, 1.54) is 10.6 Å². The summed E-state index contributed by atoms with van der Waals surface area (Å²) in [5, 5.41) is 11.7. The van der Waals surface area contributed by atoms with Gasteiger partial charge in [0.25, 0.3) is 0 Å². The molecular formula is C27H30N4O3S. The summed E-state index contributed by atoms with van der Waals surface area (Å²) in [5.41, 5.74) is 5.26. The molecule has 8 heteroatoms.